The minimum absolute atomic E-state index is 0.0894. The third-order valence-electron chi connectivity index (χ3n) is 5.34. The van der Waals surface area contributed by atoms with Crippen molar-refractivity contribution in [1.82, 2.24) is 4.90 Å². The van der Waals surface area contributed by atoms with Crippen LogP contribution in [0, 0.1) is 6.92 Å². The van der Waals surface area contributed by atoms with Gasteiger partial charge < -0.3 is 14.7 Å². The summed E-state index contributed by atoms with van der Waals surface area (Å²) in [6.45, 7) is 6.01. The number of hydrogen-bond acceptors (Lipinski definition) is 4. The number of esters is 1. The average Bonchev–Trinajstić information content (AvgIpc) is 2.71. The number of hydrogen-bond donors (Lipinski definition) is 1. The van der Waals surface area contributed by atoms with Gasteiger partial charge in [-0.1, -0.05) is 42.0 Å². The van der Waals surface area contributed by atoms with E-state index in [9.17, 15) is 14.4 Å². The lowest BCUT2D eigenvalue weighted by Crippen LogP contribution is -2.38. The highest BCUT2D eigenvalue weighted by molar-refractivity contribution is 5.96. The molecule has 1 aliphatic heterocycles. The van der Waals surface area contributed by atoms with Crippen LogP contribution in [-0.2, 0) is 20.9 Å². The third kappa shape index (κ3) is 4.43. The van der Waals surface area contributed by atoms with Crippen molar-refractivity contribution in [2.24, 2.45) is 0 Å². The molecule has 0 aromatic heterocycles. The van der Waals surface area contributed by atoms with E-state index in [1.54, 1.807) is 30.9 Å². The summed E-state index contributed by atoms with van der Waals surface area (Å²) in [5, 5.41) is 9.06. The zero-order valence-corrected chi connectivity index (χ0v) is 17.3. The van der Waals surface area contributed by atoms with Crippen LogP contribution in [0.1, 0.15) is 53.2 Å². The van der Waals surface area contributed by atoms with Crippen LogP contribution in [0.4, 0.5) is 0 Å². The van der Waals surface area contributed by atoms with Crippen LogP contribution in [0.25, 0.3) is 0 Å². The number of benzene rings is 2. The standard InChI is InChI=1S/C24H25NO5/c1-4-30-24(29)22-16(3)25(14-17-7-11-19(12-8-17)23(27)28)21(26)13-20(22)18-9-5-15(2)6-10-18/h5-12,20H,4,13-14H2,1-3H3,(H,27,28). The SMILES string of the molecule is CCOC(=O)C1=C(C)N(Cc2ccc(C(=O)O)cc2)C(=O)CC1c1ccc(C)cc1. The van der Waals surface area contributed by atoms with Gasteiger partial charge in [0.2, 0.25) is 5.91 Å². The lowest BCUT2D eigenvalue weighted by Gasteiger charge is -2.34. The Hall–Kier alpha value is -3.41. The summed E-state index contributed by atoms with van der Waals surface area (Å²) in [7, 11) is 0. The molecule has 0 bridgehead atoms. The number of allylic oxidation sites excluding steroid dienone is 1. The zero-order chi connectivity index (χ0) is 21.8. The lowest BCUT2D eigenvalue weighted by atomic mass is 9.83. The molecule has 2 aromatic carbocycles. The topological polar surface area (TPSA) is 83.9 Å². The number of rotatable bonds is 6. The zero-order valence-electron chi connectivity index (χ0n) is 17.3. The monoisotopic (exact) mass is 407 g/mol. The molecule has 30 heavy (non-hydrogen) atoms. The minimum atomic E-state index is -1.00. The Bertz CT molecular complexity index is 989. The summed E-state index contributed by atoms with van der Waals surface area (Å²) >= 11 is 0. The van der Waals surface area contributed by atoms with Crippen molar-refractivity contribution < 1.29 is 24.2 Å². The van der Waals surface area contributed by atoms with Gasteiger partial charge in [-0.25, -0.2) is 9.59 Å². The molecule has 6 heteroatoms. The first-order valence-corrected chi connectivity index (χ1v) is 9.88. The average molecular weight is 407 g/mol. The molecule has 2 aromatic rings. The maximum absolute atomic E-state index is 13.0. The van der Waals surface area contributed by atoms with E-state index < -0.39 is 11.9 Å². The number of aryl methyl sites for hydroxylation is 1. The fraction of sp³-hybridized carbons (Fsp3) is 0.292. The van der Waals surface area contributed by atoms with Gasteiger partial charge in [-0.05, 0) is 44.0 Å². The molecule has 0 aliphatic carbocycles. The summed E-state index contributed by atoms with van der Waals surface area (Å²) in [6, 6.07) is 14.2. The van der Waals surface area contributed by atoms with E-state index >= 15 is 0 Å². The number of carboxylic acids is 1. The van der Waals surface area contributed by atoms with Crippen LogP contribution in [0.5, 0.6) is 0 Å². The lowest BCUT2D eigenvalue weighted by molar-refractivity contribution is -0.140. The summed E-state index contributed by atoms with van der Waals surface area (Å²) in [5.74, 6) is -1.87. The van der Waals surface area contributed by atoms with Crippen molar-refractivity contribution in [2.45, 2.75) is 39.7 Å². The van der Waals surface area contributed by atoms with E-state index in [1.165, 1.54) is 12.1 Å². The number of ether oxygens (including phenoxy) is 1. The van der Waals surface area contributed by atoms with Gasteiger partial charge in [0, 0.05) is 18.0 Å². The first-order valence-electron chi connectivity index (χ1n) is 9.88. The van der Waals surface area contributed by atoms with Crippen LogP contribution < -0.4 is 0 Å². The van der Waals surface area contributed by atoms with E-state index in [0.717, 1.165) is 16.7 Å². The van der Waals surface area contributed by atoms with Gasteiger partial charge >= 0.3 is 11.9 Å². The molecule has 6 nitrogen and oxygen atoms in total. The van der Waals surface area contributed by atoms with Crippen LogP contribution in [0.2, 0.25) is 0 Å². The molecule has 1 amide bonds. The Morgan fingerprint density at radius 3 is 2.27 bits per heavy atom. The quantitative estimate of drug-likeness (QED) is 0.731. The smallest absolute Gasteiger partial charge is 0.336 e. The molecule has 3 rings (SSSR count). The molecule has 1 heterocycles. The maximum Gasteiger partial charge on any atom is 0.336 e. The van der Waals surface area contributed by atoms with Crippen molar-refractivity contribution in [3.63, 3.8) is 0 Å². The number of amides is 1. The fourth-order valence-corrected chi connectivity index (χ4v) is 3.70. The first-order chi connectivity index (χ1) is 14.3. The van der Waals surface area contributed by atoms with Crippen molar-refractivity contribution in [2.75, 3.05) is 6.61 Å². The van der Waals surface area contributed by atoms with E-state index in [1.807, 2.05) is 31.2 Å². The van der Waals surface area contributed by atoms with E-state index in [2.05, 4.69) is 0 Å². The third-order valence-corrected chi connectivity index (χ3v) is 5.34. The van der Waals surface area contributed by atoms with Crippen LogP contribution in [0.15, 0.2) is 59.8 Å². The number of nitrogens with zero attached hydrogens (tertiary/aromatic N) is 1. The van der Waals surface area contributed by atoms with Gasteiger partial charge in [0.15, 0.2) is 0 Å². The number of carboxylic acid groups (broad SMARTS) is 1. The molecule has 0 saturated carbocycles. The van der Waals surface area contributed by atoms with Gasteiger partial charge in [-0.15, -0.1) is 0 Å². The molecule has 1 aliphatic rings. The summed E-state index contributed by atoms with van der Waals surface area (Å²) in [4.78, 5) is 38.4. The van der Waals surface area contributed by atoms with Crippen molar-refractivity contribution in [3.05, 3.63) is 82.1 Å². The molecule has 1 N–H and O–H groups in total. The second-order valence-electron chi connectivity index (χ2n) is 7.37. The Morgan fingerprint density at radius 2 is 1.70 bits per heavy atom. The largest absolute Gasteiger partial charge is 0.478 e. The Kier molecular flexibility index (Phi) is 6.35. The minimum Gasteiger partial charge on any atom is -0.478 e. The van der Waals surface area contributed by atoms with E-state index in [0.29, 0.717) is 11.3 Å². The van der Waals surface area contributed by atoms with Crippen LogP contribution in [-0.4, -0.2) is 34.5 Å². The Labute approximate surface area is 175 Å². The Balaban J connectivity index is 1.98. The second-order valence-corrected chi connectivity index (χ2v) is 7.37. The number of carbonyl (C=O) groups is 3. The molecular weight excluding hydrogens is 382 g/mol. The Morgan fingerprint density at radius 1 is 1.07 bits per heavy atom. The summed E-state index contributed by atoms with van der Waals surface area (Å²) in [6.07, 6.45) is 0.168. The van der Waals surface area contributed by atoms with Crippen molar-refractivity contribution in [3.8, 4) is 0 Å². The van der Waals surface area contributed by atoms with Crippen molar-refractivity contribution >= 4 is 17.8 Å². The second kappa shape index (κ2) is 8.95. The molecule has 0 spiro atoms. The molecule has 0 saturated heterocycles. The maximum atomic E-state index is 13.0. The van der Waals surface area contributed by atoms with Gasteiger partial charge in [-0.3, -0.25) is 4.79 Å². The summed E-state index contributed by atoms with van der Waals surface area (Å²) < 4.78 is 5.30. The highest BCUT2D eigenvalue weighted by Crippen LogP contribution is 2.37. The van der Waals surface area contributed by atoms with Gasteiger partial charge in [0.1, 0.15) is 0 Å². The highest BCUT2D eigenvalue weighted by atomic mass is 16.5. The fourth-order valence-electron chi connectivity index (χ4n) is 3.70. The van der Waals surface area contributed by atoms with Gasteiger partial charge in [0.25, 0.3) is 0 Å². The molecule has 0 radical (unpaired) electrons. The normalized spacial score (nSPS) is 16.6. The number of carbonyl (C=O) groups excluding carboxylic acids is 2. The van der Waals surface area contributed by atoms with Crippen LogP contribution >= 0.6 is 0 Å². The first kappa shape index (κ1) is 21.3. The number of aromatic carboxylic acids is 1. The molecule has 0 fully saturated rings. The summed E-state index contributed by atoms with van der Waals surface area (Å²) in [5.41, 5.74) is 4.03. The van der Waals surface area contributed by atoms with Crippen LogP contribution in [0.3, 0.4) is 0 Å². The predicted octanol–water partition coefficient (Wildman–Crippen LogP) is 4.05. The molecule has 1 atom stereocenters. The van der Waals surface area contributed by atoms with E-state index in [-0.39, 0.29) is 37.0 Å². The molecular formula is C24H25NO5. The highest BCUT2D eigenvalue weighted by Gasteiger charge is 2.36. The van der Waals surface area contributed by atoms with Crippen molar-refractivity contribution in [1.29, 1.82) is 0 Å². The molecule has 156 valence electrons. The van der Waals surface area contributed by atoms with Gasteiger partial charge in [0.05, 0.1) is 24.3 Å². The molecule has 1 unspecified atom stereocenters. The van der Waals surface area contributed by atoms with Gasteiger partial charge in [-0.2, -0.15) is 0 Å². The van der Waals surface area contributed by atoms with E-state index in [4.69, 9.17) is 9.84 Å². The predicted molar refractivity (Wildman–Crippen MR) is 112 cm³/mol.